The molecule has 0 heterocycles. The summed E-state index contributed by atoms with van der Waals surface area (Å²) >= 11 is 0. The topological polar surface area (TPSA) is 52.6 Å². The molecule has 4 rings (SSSR count). The molecule has 0 aromatic rings. The van der Waals surface area contributed by atoms with Crippen molar-refractivity contribution in [2.45, 2.75) is 92.3 Å². The Hall–Kier alpha value is -1.32. The fourth-order valence-corrected chi connectivity index (χ4v) is 7.14. The summed E-state index contributed by atoms with van der Waals surface area (Å²) in [5, 5.41) is 0. The third kappa shape index (κ3) is 2.62. The van der Waals surface area contributed by atoms with Crippen molar-refractivity contribution in [2.24, 2.45) is 33.5 Å². The molecule has 4 heteroatoms. The Labute approximate surface area is 169 Å². The van der Waals surface area contributed by atoms with Gasteiger partial charge in [0.05, 0.1) is 0 Å². The van der Waals surface area contributed by atoms with Crippen LogP contribution in [0.4, 0.5) is 0 Å². The largest absolute Gasteiger partial charge is 0.459 e. The summed E-state index contributed by atoms with van der Waals surface area (Å²) < 4.78 is 11.5. The van der Waals surface area contributed by atoms with E-state index in [2.05, 4.69) is 41.5 Å². The molecule has 6 atom stereocenters. The number of ether oxygens (including phenoxy) is 2. The molecule has 0 unspecified atom stereocenters. The molecule has 0 radical (unpaired) electrons. The monoisotopic (exact) mass is 388 g/mol. The first-order valence-electron chi connectivity index (χ1n) is 11.0. The maximum atomic E-state index is 12.3. The van der Waals surface area contributed by atoms with Gasteiger partial charge in [0.1, 0.15) is 12.2 Å². The van der Waals surface area contributed by atoms with Crippen molar-refractivity contribution in [3.63, 3.8) is 0 Å². The summed E-state index contributed by atoms with van der Waals surface area (Å²) in [6.07, 6.45) is 8.92. The van der Waals surface area contributed by atoms with Gasteiger partial charge in [-0.05, 0) is 60.7 Å². The molecular formula is C24H36O4. The molecule has 156 valence electrons. The predicted molar refractivity (Wildman–Crippen MR) is 107 cm³/mol. The minimum Gasteiger partial charge on any atom is -0.459 e. The fourth-order valence-electron chi connectivity index (χ4n) is 7.14. The molecule has 28 heavy (non-hydrogen) atoms. The molecule has 4 aliphatic rings. The van der Waals surface area contributed by atoms with Gasteiger partial charge in [0.25, 0.3) is 0 Å². The van der Waals surface area contributed by atoms with E-state index in [9.17, 15) is 9.59 Å². The first kappa shape index (κ1) is 20.0. The predicted octanol–water partition coefficient (Wildman–Crippen LogP) is 5.06. The van der Waals surface area contributed by atoms with Crippen molar-refractivity contribution in [2.75, 3.05) is 0 Å². The van der Waals surface area contributed by atoms with Crippen LogP contribution in [0.2, 0.25) is 0 Å². The standard InChI is InChI=1S/C24H36O4/c1-21(2)15-9-12-24(21,6)18(13-15)28-20(26)8-7-19(25)27-17-14-23(5)11-10-16(17)22(23,3)4/h7-8,15-18H,9-14H2,1-6H3/b8-7-/t15-,16+,17-,18-,23+,24-/m1/s1. The minimum atomic E-state index is -0.424. The molecule has 0 N–H and O–H groups in total. The van der Waals surface area contributed by atoms with E-state index in [4.69, 9.17) is 9.47 Å². The average Bonchev–Trinajstić information content (AvgIpc) is 3.11. The molecular weight excluding hydrogens is 352 g/mol. The first-order valence-corrected chi connectivity index (χ1v) is 11.0. The summed E-state index contributed by atoms with van der Waals surface area (Å²) in [6.45, 7) is 13.7. The Bertz CT molecular complexity index is 717. The van der Waals surface area contributed by atoms with E-state index < -0.39 is 11.9 Å². The molecule has 0 amide bonds. The second kappa shape index (κ2) is 6.09. The molecule has 4 nitrogen and oxygen atoms in total. The average molecular weight is 389 g/mol. The normalized spacial score (nSPS) is 44.9. The SMILES string of the molecule is CC1(C)[C@H]2CC[C@@]1(C)C[C@H]2OC(=O)/C=C\C(=O)O[C@@H]1C[C@H]2CC[C@@]1(C)C2(C)C. The lowest BCUT2D eigenvalue weighted by Crippen LogP contribution is -2.38. The Kier molecular flexibility index (Phi) is 4.34. The van der Waals surface area contributed by atoms with E-state index in [1.54, 1.807) is 0 Å². The van der Waals surface area contributed by atoms with Gasteiger partial charge in [0, 0.05) is 23.5 Å². The van der Waals surface area contributed by atoms with Crippen LogP contribution in [0.15, 0.2) is 12.2 Å². The van der Waals surface area contributed by atoms with Crippen molar-refractivity contribution in [1.29, 1.82) is 0 Å². The van der Waals surface area contributed by atoms with Crippen molar-refractivity contribution in [1.82, 2.24) is 0 Å². The second-order valence-electron chi connectivity index (χ2n) is 11.5. The van der Waals surface area contributed by atoms with Gasteiger partial charge in [-0.1, -0.05) is 41.5 Å². The summed E-state index contributed by atoms with van der Waals surface area (Å²) in [5.41, 5.74) is 0.678. The Balaban J connectivity index is 1.32. The van der Waals surface area contributed by atoms with Crippen LogP contribution in [0.1, 0.15) is 80.1 Å². The molecule has 4 bridgehead atoms. The minimum absolute atomic E-state index is 0.0335. The number of esters is 2. The van der Waals surface area contributed by atoms with Gasteiger partial charge < -0.3 is 9.47 Å². The third-order valence-corrected chi connectivity index (χ3v) is 10.2. The zero-order valence-electron chi connectivity index (χ0n) is 18.3. The molecule has 0 saturated heterocycles. The zero-order chi connectivity index (χ0) is 20.5. The van der Waals surface area contributed by atoms with E-state index in [0.29, 0.717) is 11.8 Å². The van der Waals surface area contributed by atoms with Crippen molar-refractivity contribution in [3.8, 4) is 0 Å². The second-order valence-corrected chi connectivity index (χ2v) is 11.5. The van der Waals surface area contributed by atoms with Crippen molar-refractivity contribution >= 4 is 11.9 Å². The summed E-state index contributed by atoms with van der Waals surface area (Å²) in [4.78, 5) is 24.6. The molecule has 0 spiro atoms. The number of carbonyl (C=O) groups is 2. The molecule has 0 aliphatic heterocycles. The smallest absolute Gasteiger partial charge is 0.331 e. The highest BCUT2D eigenvalue weighted by molar-refractivity contribution is 5.91. The van der Waals surface area contributed by atoms with E-state index in [1.807, 2.05) is 0 Å². The van der Waals surface area contributed by atoms with Crippen molar-refractivity contribution in [3.05, 3.63) is 12.2 Å². The maximum absolute atomic E-state index is 12.3. The Morgan fingerprint density at radius 1 is 0.857 bits per heavy atom. The van der Waals surface area contributed by atoms with E-state index in [1.165, 1.54) is 25.0 Å². The third-order valence-electron chi connectivity index (χ3n) is 10.2. The van der Waals surface area contributed by atoms with E-state index >= 15 is 0 Å². The van der Waals surface area contributed by atoms with Crippen LogP contribution in [0, 0.1) is 33.5 Å². The number of rotatable bonds is 4. The van der Waals surface area contributed by atoms with E-state index in [-0.39, 0.29) is 33.9 Å². The number of carbonyl (C=O) groups excluding carboxylic acids is 2. The lowest BCUT2D eigenvalue weighted by molar-refractivity contribution is -0.152. The van der Waals surface area contributed by atoms with Gasteiger partial charge >= 0.3 is 11.9 Å². The van der Waals surface area contributed by atoms with Crippen LogP contribution >= 0.6 is 0 Å². The molecule has 4 fully saturated rings. The Morgan fingerprint density at radius 3 is 1.96 bits per heavy atom. The zero-order valence-corrected chi connectivity index (χ0v) is 18.3. The summed E-state index contributed by atoms with van der Waals surface area (Å²) in [7, 11) is 0. The van der Waals surface area contributed by atoms with Crippen molar-refractivity contribution < 1.29 is 19.1 Å². The lowest BCUT2D eigenvalue weighted by atomic mass is 9.70. The van der Waals surface area contributed by atoms with Gasteiger partial charge in [-0.25, -0.2) is 9.59 Å². The van der Waals surface area contributed by atoms with Crippen LogP contribution in [-0.4, -0.2) is 24.1 Å². The van der Waals surface area contributed by atoms with Gasteiger partial charge in [-0.2, -0.15) is 0 Å². The highest BCUT2D eigenvalue weighted by Gasteiger charge is 2.63. The van der Waals surface area contributed by atoms with Gasteiger partial charge in [-0.15, -0.1) is 0 Å². The highest BCUT2D eigenvalue weighted by atomic mass is 16.6. The van der Waals surface area contributed by atoms with Crippen LogP contribution in [0.5, 0.6) is 0 Å². The van der Waals surface area contributed by atoms with Crippen LogP contribution in [-0.2, 0) is 19.1 Å². The molecule has 0 aromatic heterocycles. The number of hydrogen-bond acceptors (Lipinski definition) is 4. The molecule has 4 aliphatic carbocycles. The summed E-state index contributed by atoms with van der Waals surface area (Å²) in [5.74, 6) is 0.185. The number of hydrogen-bond donors (Lipinski definition) is 0. The lowest BCUT2D eigenvalue weighted by Gasteiger charge is -2.38. The Morgan fingerprint density at radius 2 is 1.50 bits per heavy atom. The maximum Gasteiger partial charge on any atom is 0.331 e. The quantitative estimate of drug-likeness (QED) is 0.499. The van der Waals surface area contributed by atoms with Crippen LogP contribution < -0.4 is 0 Å². The fraction of sp³-hybridized carbons (Fsp3) is 0.833. The van der Waals surface area contributed by atoms with Crippen LogP contribution in [0.25, 0.3) is 0 Å². The molecule has 0 aromatic carbocycles. The molecule has 4 saturated carbocycles. The first-order chi connectivity index (χ1) is 12.9. The van der Waals surface area contributed by atoms with Gasteiger partial charge in [0.15, 0.2) is 0 Å². The van der Waals surface area contributed by atoms with Gasteiger partial charge in [0.2, 0.25) is 0 Å². The number of fused-ring (bicyclic) bond motifs is 4. The van der Waals surface area contributed by atoms with E-state index in [0.717, 1.165) is 25.7 Å². The van der Waals surface area contributed by atoms with Crippen LogP contribution in [0.3, 0.4) is 0 Å². The summed E-state index contributed by atoms with van der Waals surface area (Å²) in [6, 6.07) is 0. The highest BCUT2D eigenvalue weighted by Crippen LogP contribution is 2.67. The van der Waals surface area contributed by atoms with Gasteiger partial charge in [-0.3, -0.25) is 0 Å².